The van der Waals surface area contributed by atoms with Crippen molar-refractivity contribution in [2.24, 2.45) is 17.3 Å². The van der Waals surface area contributed by atoms with Crippen LogP contribution in [0.1, 0.15) is 92.3 Å². The van der Waals surface area contributed by atoms with Crippen LogP contribution in [0.25, 0.3) is 6.08 Å². The van der Waals surface area contributed by atoms with Crippen molar-refractivity contribution in [1.82, 2.24) is 4.98 Å². The van der Waals surface area contributed by atoms with Crippen LogP contribution in [0.3, 0.4) is 0 Å². The van der Waals surface area contributed by atoms with Crippen molar-refractivity contribution in [2.45, 2.75) is 125 Å². The largest absolute Gasteiger partial charge is 0.457 e. The number of aliphatic hydroxyl groups is 1. The Morgan fingerprint density at radius 3 is 2.41 bits per heavy atom. The molecular weight excluding hydrogens is 551 g/mol. The average molecular weight is 604 g/mol. The SMILES string of the molecule is C/C1=C/C[C@@H](/C(C)=C/c2csc(C)n2)OC(=O)C[C@H](O)C(C)(C)C(=O)[C@H](C)[C@@H](O[Si](C)(C)C(C)(C)C)[C@@H](C)/C=C\C1. The summed E-state index contributed by atoms with van der Waals surface area (Å²) in [6.45, 7) is 24.4. The van der Waals surface area contributed by atoms with Gasteiger partial charge in [-0.05, 0) is 62.9 Å². The van der Waals surface area contributed by atoms with E-state index in [0.29, 0.717) is 6.42 Å². The molecule has 2 heterocycles. The molecule has 1 aromatic heterocycles. The van der Waals surface area contributed by atoms with E-state index < -0.39 is 37.8 Å². The van der Waals surface area contributed by atoms with Crippen LogP contribution in [0, 0.1) is 24.2 Å². The number of rotatable bonds is 4. The standard InChI is InChI=1S/C33H53NO5SSi/c1-21-14-13-15-22(2)30(39-41(11,12)32(6,7)8)24(4)31(37)33(9,10)28(35)19-29(36)38-27(17-16-21)23(3)18-26-20-40-25(5)34-26/h13,15-16,18,20,22,24,27-28,30,35H,14,17,19H2,1-12H3/b15-13-,21-16-,23-18+/t22-,24+,27-,28-,30-/m0/s1. The smallest absolute Gasteiger partial charge is 0.309 e. The number of Topliss-reactive ketones (excluding diaryl/α,β-unsaturated/α-hetero) is 1. The molecule has 0 saturated carbocycles. The lowest BCUT2D eigenvalue weighted by Crippen LogP contribution is -2.51. The summed E-state index contributed by atoms with van der Waals surface area (Å²) in [6.07, 6.45) is 7.31. The fraction of sp³-hybridized carbons (Fsp3) is 0.667. The minimum absolute atomic E-state index is 0.0128. The zero-order chi connectivity index (χ0) is 31.3. The molecule has 0 aromatic carbocycles. The van der Waals surface area contributed by atoms with Gasteiger partial charge in [-0.3, -0.25) is 9.59 Å². The van der Waals surface area contributed by atoms with Crippen molar-refractivity contribution in [3.63, 3.8) is 0 Å². The van der Waals surface area contributed by atoms with Gasteiger partial charge in [-0.1, -0.05) is 72.3 Å². The minimum atomic E-state index is -2.21. The maximum absolute atomic E-state index is 14.0. The van der Waals surface area contributed by atoms with E-state index in [4.69, 9.17) is 9.16 Å². The first kappa shape index (κ1) is 35.3. The third-order valence-corrected chi connectivity index (χ3v) is 14.1. The van der Waals surface area contributed by atoms with E-state index in [0.717, 1.165) is 28.3 Å². The maximum Gasteiger partial charge on any atom is 0.309 e. The van der Waals surface area contributed by atoms with Crippen LogP contribution in [0.5, 0.6) is 0 Å². The molecule has 0 fully saturated rings. The van der Waals surface area contributed by atoms with Crippen molar-refractivity contribution < 1.29 is 23.9 Å². The van der Waals surface area contributed by atoms with E-state index in [1.54, 1.807) is 25.2 Å². The van der Waals surface area contributed by atoms with E-state index >= 15 is 0 Å². The van der Waals surface area contributed by atoms with Crippen LogP contribution in [0.4, 0.5) is 0 Å². The Morgan fingerprint density at radius 2 is 1.85 bits per heavy atom. The van der Waals surface area contributed by atoms with Crippen LogP contribution in [0.2, 0.25) is 18.1 Å². The normalized spacial score (nSPS) is 29.9. The summed E-state index contributed by atoms with van der Waals surface area (Å²) in [6, 6.07) is 0. The zero-order valence-electron chi connectivity index (χ0n) is 27.3. The number of hydrogen-bond acceptors (Lipinski definition) is 7. The van der Waals surface area contributed by atoms with Crippen LogP contribution in [-0.2, 0) is 18.8 Å². The van der Waals surface area contributed by atoms with E-state index in [1.807, 2.05) is 32.2 Å². The quantitative estimate of drug-likeness (QED) is 0.213. The van der Waals surface area contributed by atoms with Gasteiger partial charge in [-0.2, -0.15) is 0 Å². The van der Waals surface area contributed by atoms with Gasteiger partial charge in [0.25, 0.3) is 0 Å². The van der Waals surface area contributed by atoms with Crippen LogP contribution in [-0.4, -0.2) is 48.5 Å². The topological polar surface area (TPSA) is 85.7 Å². The number of allylic oxidation sites excluding steroid dienone is 2. The number of thiazole rings is 1. The lowest BCUT2D eigenvalue weighted by atomic mass is 9.73. The molecule has 0 saturated heterocycles. The van der Waals surface area contributed by atoms with E-state index in [9.17, 15) is 14.7 Å². The Bertz CT molecular complexity index is 1160. The predicted octanol–water partition coefficient (Wildman–Crippen LogP) is 8.07. The fourth-order valence-electron chi connectivity index (χ4n) is 4.77. The highest BCUT2D eigenvalue weighted by Gasteiger charge is 2.46. The Balaban J connectivity index is 2.48. The van der Waals surface area contributed by atoms with Crippen molar-refractivity contribution in [3.05, 3.63) is 45.5 Å². The second-order valence-corrected chi connectivity index (χ2v) is 19.7. The monoisotopic (exact) mass is 603 g/mol. The molecule has 6 nitrogen and oxygen atoms in total. The molecule has 2 rings (SSSR count). The van der Waals surface area contributed by atoms with Gasteiger partial charge >= 0.3 is 5.97 Å². The summed E-state index contributed by atoms with van der Waals surface area (Å²) >= 11 is 1.57. The lowest BCUT2D eigenvalue weighted by Gasteiger charge is -2.43. The average Bonchev–Trinajstić information content (AvgIpc) is 3.26. The number of aliphatic hydroxyl groups excluding tert-OH is 1. The van der Waals surface area contributed by atoms with Crippen LogP contribution >= 0.6 is 11.3 Å². The Hall–Kier alpha value is -1.87. The van der Waals surface area contributed by atoms with Gasteiger partial charge < -0.3 is 14.3 Å². The summed E-state index contributed by atoms with van der Waals surface area (Å²) in [5, 5.41) is 14.1. The van der Waals surface area contributed by atoms with Gasteiger partial charge in [0.2, 0.25) is 0 Å². The Labute approximate surface area is 253 Å². The number of aryl methyl sites for hydroxylation is 1. The maximum atomic E-state index is 14.0. The Morgan fingerprint density at radius 1 is 1.22 bits per heavy atom. The summed E-state index contributed by atoms with van der Waals surface area (Å²) in [5.74, 6) is -1.13. The number of ether oxygens (including phenoxy) is 1. The molecule has 8 heteroatoms. The summed E-state index contributed by atoms with van der Waals surface area (Å²) in [4.78, 5) is 31.6. The van der Waals surface area contributed by atoms with Crippen molar-refractivity contribution in [1.29, 1.82) is 0 Å². The fourth-order valence-corrected chi connectivity index (χ4v) is 6.79. The van der Waals surface area contributed by atoms with Gasteiger partial charge in [0.1, 0.15) is 11.9 Å². The first-order valence-corrected chi connectivity index (χ1v) is 18.6. The van der Waals surface area contributed by atoms with Crippen LogP contribution in [0.15, 0.2) is 34.8 Å². The number of cyclic esters (lactones) is 1. The van der Waals surface area contributed by atoms with Gasteiger partial charge in [0.05, 0.1) is 34.7 Å². The Kier molecular flexibility index (Phi) is 12.1. The van der Waals surface area contributed by atoms with Crippen molar-refractivity contribution in [3.8, 4) is 0 Å². The molecular formula is C33H53NO5SSi. The number of nitrogens with zero attached hydrogens (tertiary/aromatic N) is 1. The number of esters is 1. The van der Waals surface area contributed by atoms with Gasteiger partial charge in [0, 0.05) is 17.7 Å². The number of carbonyl (C=O) groups excluding carboxylic acids is 2. The second-order valence-electron chi connectivity index (χ2n) is 13.9. The first-order chi connectivity index (χ1) is 18.8. The molecule has 0 bridgehead atoms. The first-order valence-electron chi connectivity index (χ1n) is 14.8. The predicted molar refractivity (Wildman–Crippen MR) is 172 cm³/mol. The highest BCUT2D eigenvalue weighted by molar-refractivity contribution is 7.09. The van der Waals surface area contributed by atoms with Gasteiger partial charge in [-0.25, -0.2) is 4.98 Å². The number of hydrogen-bond donors (Lipinski definition) is 1. The second kappa shape index (κ2) is 14.1. The molecule has 1 aliphatic rings. The number of carbonyl (C=O) groups is 2. The molecule has 230 valence electrons. The zero-order valence-corrected chi connectivity index (χ0v) is 29.1. The van der Waals surface area contributed by atoms with Crippen LogP contribution < -0.4 is 0 Å². The molecule has 0 aliphatic carbocycles. The molecule has 41 heavy (non-hydrogen) atoms. The molecule has 1 aromatic rings. The summed E-state index contributed by atoms with van der Waals surface area (Å²) in [7, 11) is -2.21. The number of ketones is 1. The molecule has 0 amide bonds. The lowest BCUT2D eigenvalue weighted by molar-refractivity contribution is -0.153. The van der Waals surface area contributed by atoms with E-state index in [1.165, 1.54) is 0 Å². The van der Waals surface area contributed by atoms with E-state index in [2.05, 4.69) is 70.9 Å². The molecule has 0 unspecified atom stereocenters. The number of aromatic nitrogens is 1. The third-order valence-electron chi connectivity index (χ3n) is 8.84. The highest BCUT2D eigenvalue weighted by atomic mass is 32.1. The highest BCUT2D eigenvalue weighted by Crippen LogP contribution is 2.41. The molecule has 0 radical (unpaired) electrons. The van der Waals surface area contributed by atoms with E-state index in [-0.39, 0.29) is 29.3 Å². The minimum Gasteiger partial charge on any atom is -0.457 e. The van der Waals surface area contributed by atoms with Crippen molar-refractivity contribution >= 4 is 37.5 Å². The van der Waals surface area contributed by atoms with Gasteiger partial charge in [0.15, 0.2) is 8.32 Å². The molecule has 1 aliphatic heterocycles. The summed E-state index contributed by atoms with van der Waals surface area (Å²) < 4.78 is 12.8. The molecule has 0 spiro atoms. The summed E-state index contributed by atoms with van der Waals surface area (Å²) in [5.41, 5.74) is 1.71. The molecule has 5 atom stereocenters. The molecule has 1 N–H and O–H groups in total. The van der Waals surface area contributed by atoms with Crippen molar-refractivity contribution in [2.75, 3.05) is 0 Å². The third kappa shape index (κ3) is 9.57. The van der Waals surface area contributed by atoms with Gasteiger partial charge in [-0.15, -0.1) is 11.3 Å².